The summed E-state index contributed by atoms with van der Waals surface area (Å²) in [5.41, 5.74) is 0. The van der Waals surface area contributed by atoms with Crippen molar-refractivity contribution in [3.05, 3.63) is 25.3 Å². The topological polar surface area (TPSA) is 87.1 Å². The molecule has 1 aliphatic carbocycles. The van der Waals surface area contributed by atoms with Crippen molar-refractivity contribution < 1.29 is 24.2 Å². The molecule has 1 spiro atoms. The highest BCUT2D eigenvalue weighted by Gasteiger charge is 2.77. The van der Waals surface area contributed by atoms with Crippen molar-refractivity contribution in [2.75, 3.05) is 26.3 Å². The Bertz CT molecular complexity index is 890. The number of esters is 1. The first kappa shape index (κ1) is 28.2. The number of carbonyl (C=O) groups is 3. The molecule has 0 radical (unpaired) electrons. The van der Waals surface area contributed by atoms with E-state index in [4.69, 9.17) is 4.74 Å². The molecule has 7 nitrogen and oxygen atoms in total. The fourth-order valence-electron chi connectivity index (χ4n) is 7.30. The van der Waals surface area contributed by atoms with Crippen LogP contribution in [0, 0.1) is 11.8 Å². The predicted molar refractivity (Wildman–Crippen MR) is 146 cm³/mol. The maximum atomic E-state index is 14.5. The zero-order valence-corrected chi connectivity index (χ0v) is 23.2. The molecule has 1 N–H and O–H groups in total. The van der Waals surface area contributed by atoms with E-state index in [0.29, 0.717) is 39.0 Å². The third kappa shape index (κ3) is 5.12. The molecular weight excluding hydrogens is 488 g/mol. The summed E-state index contributed by atoms with van der Waals surface area (Å²) in [5.74, 6) is -1.50. The van der Waals surface area contributed by atoms with Crippen LogP contribution in [0.1, 0.15) is 77.6 Å². The molecule has 3 heterocycles. The van der Waals surface area contributed by atoms with Crippen molar-refractivity contribution in [3.8, 4) is 0 Å². The lowest BCUT2D eigenvalue weighted by Crippen LogP contribution is -2.57. The first-order valence-corrected chi connectivity index (χ1v) is 15.0. The molecule has 2 amide bonds. The number of nitrogens with zero attached hydrogens (tertiary/aromatic N) is 2. The Kier molecular flexibility index (Phi) is 9.10. The van der Waals surface area contributed by atoms with Crippen LogP contribution in [0.3, 0.4) is 0 Å². The van der Waals surface area contributed by atoms with Gasteiger partial charge in [0.05, 0.1) is 23.2 Å². The zero-order valence-electron chi connectivity index (χ0n) is 22.4. The van der Waals surface area contributed by atoms with Crippen LogP contribution in [0.15, 0.2) is 25.3 Å². The molecular formula is C29H44N2O5S. The Labute approximate surface area is 226 Å². The van der Waals surface area contributed by atoms with Crippen molar-refractivity contribution >= 4 is 29.5 Å². The quantitative estimate of drug-likeness (QED) is 0.218. The van der Waals surface area contributed by atoms with Gasteiger partial charge in [-0.1, -0.05) is 31.4 Å². The predicted octanol–water partition coefficient (Wildman–Crippen LogP) is 4.10. The summed E-state index contributed by atoms with van der Waals surface area (Å²) < 4.78 is 4.66. The molecule has 5 atom stereocenters. The summed E-state index contributed by atoms with van der Waals surface area (Å²) in [6.07, 6.45) is 13.2. The van der Waals surface area contributed by atoms with Gasteiger partial charge in [0.2, 0.25) is 11.8 Å². The number of fused-ring (bicyclic) bond motifs is 1. The van der Waals surface area contributed by atoms with E-state index in [9.17, 15) is 19.5 Å². The lowest BCUT2D eigenvalue weighted by Gasteiger charge is -2.41. The number of amides is 2. The largest absolute Gasteiger partial charge is 0.465 e. The first-order valence-electron chi connectivity index (χ1n) is 14.1. The number of thioether (sulfide) groups is 1. The summed E-state index contributed by atoms with van der Waals surface area (Å²) in [6, 6.07) is -0.440. The van der Waals surface area contributed by atoms with Gasteiger partial charge in [-0.25, -0.2) is 0 Å². The normalized spacial score (nSPS) is 32.9. The Morgan fingerprint density at radius 2 is 1.92 bits per heavy atom. The van der Waals surface area contributed by atoms with E-state index in [0.717, 1.165) is 44.9 Å². The van der Waals surface area contributed by atoms with E-state index in [2.05, 4.69) is 20.1 Å². The van der Waals surface area contributed by atoms with Crippen molar-refractivity contribution in [1.82, 2.24) is 9.80 Å². The second-order valence-corrected chi connectivity index (χ2v) is 13.3. The molecule has 2 bridgehead atoms. The third-order valence-electron chi connectivity index (χ3n) is 8.99. The molecule has 8 heteroatoms. The highest BCUT2D eigenvalue weighted by molar-refractivity contribution is 8.02. The molecule has 4 rings (SSSR count). The van der Waals surface area contributed by atoms with Crippen molar-refractivity contribution in [2.45, 2.75) is 99.1 Å². The smallest absolute Gasteiger partial charge is 0.311 e. The summed E-state index contributed by atoms with van der Waals surface area (Å²) in [4.78, 5) is 45.8. The molecule has 3 aliphatic heterocycles. The fourth-order valence-corrected chi connectivity index (χ4v) is 9.63. The molecule has 2 unspecified atom stereocenters. The van der Waals surface area contributed by atoms with Crippen LogP contribution in [-0.2, 0) is 19.1 Å². The number of ether oxygens (including phenoxy) is 1. The number of unbranched alkanes of at least 4 members (excludes halogenated alkanes) is 2. The second kappa shape index (κ2) is 11.9. The van der Waals surface area contributed by atoms with Gasteiger partial charge in [-0.2, -0.15) is 0 Å². The summed E-state index contributed by atoms with van der Waals surface area (Å²) >= 11 is 1.70. The average molecular weight is 533 g/mol. The standard InChI is InChI=1S/C29H44N2O5S/c1-4-6-12-20-36-27(35)23-22-25(33)31(18-10-11-19-32)24(29(22)16-15-28(23,3)37-29)26(34)30(17-5-2)21-13-8-7-9-14-21/h4-5,21-24,32H,1-2,6-20H2,3H3/t22-,23-,24?,28+,29?/m0/s1. The van der Waals surface area contributed by atoms with Gasteiger partial charge in [0, 0.05) is 30.5 Å². The highest BCUT2D eigenvalue weighted by Crippen LogP contribution is 2.71. The van der Waals surface area contributed by atoms with Crippen LogP contribution in [0.4, 0.5) is 0 Å². The van der Waals surface area contributed by atoms with Gasteiger partial charge in [-0.15, -0.1) is 24.9 Å². The minimum atomic E-state index is -0.624. The maximum absolute atomic E-state index is 14.5. The van der Waals surface area contributed by atoms with Crippen LogP contribution < -0.4 is 0 Å². The van der Waals surface area contributed by atoms with Gasteiger partial charge in [-0.3, -0.25) is 14.4 Å². The van der Waals surface area contributed by atoms with Crippen LogP contribution >= 0.6 is 11.8 Å². The Morgan fingerprint density at radius 3 is 2.59 bits per heavy atom. The SMILES string of the molecule is C=CCCCOC(=O)[C@@H]1[C@H]2C(=O)N(CCCCO)C(C(=O)N(CC=C)C3CCCCC3)C23CC[C@@]1(C)S3. The molecule has 206 valence electrons. The molecule has 1 saturated carbocycles. The van der Waals surface area contributed by atoms with E-state index in [1.807, 2.05) is 4.90 Å². The van der Waals surface area contributed by atoms with Gasteiger partial charge in [-0.05, 0) is 58.3 Å². The zero-order chi connectivity index (χ0) is 26.6. The fraction of sp³-hybridized carbons (Fsp3) is 0.759. The third-order valence-corrected chi connectivity index (χ3v) is 11.0. The van der Waals surface area contributed by atoms with Crippen LogP contribution in [0.5, 0.6) is 0 Å². The van der Waals surface area contributed by atoms with Crippen molar-refractivity contribution in [2.24, 2.45) is 11.8 Å². The summed E-state index contributed by atoms with van der Waals surface area (Å²) in [6.45, 7) is 11.0. The van der Waals surface area contributed by atoms with Crippen LogP contribution in [0.25, 0.3) is 0 Å². The number of likely N-dealkylation sites (tertiary alicyclic amines) is 1. The van der Waals surface area contributed by atoms with Gasteiger partial charge in [0.15, 0.2) is 0 Å². The number of hydrogen-bond donors (Lipinski definition) is 1. The van der Waals surface area contributed by atoms with Gasteiger partial charge < -0.3 is 19.6 Å². The molecule has 4 aliphatic rings. The van der Waals surface area contributed by atoms with Crippen LogP contribution in [0.2, 0.25) is 0 Å². The number of aliphatic hydroxyl groups excluding tert-OH is 1. The Hall–Kier alpha value is -1.80. The lowest BCUT2D eigenvalue weighted by molar-refractivity contribution is -0.155. The molecule has 0 aromatic heterocycles. The number of allylic oxidation sites excluding steroid dienone is 1. The van der Waals surface area contributed by atoms with Gasteiger partial charge in [0.1, 0.15) is 6.04 Å². The maximum Gasteiger partial charge on any atom is 0.311 e. The van der Waals surface area contributed by atoms with Crippen molar-refractivity contribution in [3.63, 3.8) is 0 Å². The molecule has 4 fully saturated rings. The van der Waals surface area contributed by atoms with Crippen LogP contribution in [-0.4, -0.2) is 80.6 Å². The number of rotatable bonds is 13. The summed E-state index contributed by atoms with van der Waals surface area (Å²) in [5, 5.41) is 9.38. The average Bonchev–Trinajstić information content (AvgIpc) is 3.46. The summed E-state index contributed by atoms with van der Waals surface area (Å²) in [7, 11) is 0. The minimum absolute atomic E-state index is 0.00315. The number of aliphatic hydroxyl groups is 1. The molecule has 0 aromatic rings. The van der Waals surface area contributed by atoms with Gasteiger partial charge >= 0.3 is 5.97 Å². The van der Waals surface area contributed by atoms with Crippen molar-refractivity contribution in [1.29, 1.82) is 0 Å². The first-order chi connectivity index (χ1) is 17.8. The van der Waals surface area contributed by atoms with E-state index in [-0.39, 0.29) is 30.4 Å². The van der Waals surface area contributed by atoms with E-state index in [1.54, 1.807) is 28.8 Å². The Balaban J connectivity index is 1.66. The molecule has 0 aromatic carbocycles. The second-order valence-electron chi connectivity index (χ2n) is 11.4. The number of carbonyl (C=O) groups excluding carboxylic acids is 3. The van der Waals surface area contributed by atoms with E-state index >= 15 is 0 Å². The minimum Gasteiger partial charge on any atom is -0.465 e. The number of hydrogen-bond acceptors (Lipinski definition) is 6. The van der Waals surface area contributed by atoms with E-state index < -0.39 is 27.4 Å². The molecule has 3 saturated heterocycles. The van der Waals surface area contributed by atoms with E-state index in [1.165, 1.54) is 6.42 Å². The highest BCUT2D eigenvalue weighted by atomic mass is 32.2. The monoisotopic (exact) mass is 532 g/mol. The van der Waals surface area contributed by atoms with Gasteiger partial charge in [0.25, 0.3) is 0 Å². The lowest BCUT2D eigenvalue weighted by atomic mass is 9.66. The Morgan fingerprint density at radius 1 is 1.16 bits per heavy atom. The molecule has 37 heavy (non-hydrogen) atoms.